The van der Waals surface area contributed by atoms with Crippen molar-refractivity contribution in [2.75, 3.05) is 13.2 Å². The molecule has 0 aliphatic carbocycles. The minimum atomic E-state index is -0.143. The van der Waals surface area contributed by atoms with Crippen LogP contribution in [-0.2, 0) is 9.53 Å². The van der Waals surface area contributed by atoms with Crippen molar-refractivity contribution in [3.8, 4) is 0 Å². The average molecular weight is 263 g/mol. The van der Waals surface area contributed by atoms with E-state index in [4.69, 9.17) is 4.74 Å². The maximum absolute atomic E-state index is 11.7. The van der Waals surface area contributed by atoms with Crippen LogP contribution in [-0.4, -0.2) is 19.1 Å². The zero-order chi connectivity index (χ0) is 14.3. The number of hydrogen-bond donors (Lipinski definition) is 1. The summed E-state index contributed by atoms with van der Waals surface area (Å²) in [6.07, 6.45) is 1.43. The van der Waals surface area contributed by atoms with Crippen LogP contribution >= 0.6 is 0 Å². The van der Waals surface area contributed by atoms with Crippen molar-refractivity contribution in [3.63, 3.8) is 0 Å². The van der Waals surface area contributed by atoms with Gasteiger partial charge in [0.05, 0.1) is 13.0 Å². The Labute approximate surface area is 116 Å². The van der Waals surface area contributed by atoms with Crippen LogP contribution in [0, 0.1) is 13.8 Å². The summed E-state index contributed by atoms with van der Waals surface area (Å²) in [5, 5.41) is 3.43. The van der Waals surface area contributed by atoms with Crippen LogP contribution in [0.5, 0.6) is 0 Å². The van der Waals surface area contributed by atoms with Gasteiger partial charge in [-0.2, -0.15) is 0 Å². The Morgan fingerprint density at radius 1 is 1.32 bits per heavy atom. The lowest BCUT2D eigenvalue weighted by molar-refractivity contribution is -0.143. The number of nitrogens with one attached hydrogen (secondary N) is 1. The largest absolute Gasteiger partial charge is 0.466 e. The molecule has 0 aromatic heterocycles. The number of rotatable bonds is 7. The Bertz CT molecular complexity index is 415. The first-order valence-corrected chi connectivity index (χ1v) is 7.04. The number of hydrogen-bond acceptors (Lipinski definition) is 3. The number of carbonyl (C=O) groups excluding carboxylic acids is 1. The smallest absolute Gasteiger partial charge is 0.307 e. The molecule has 0 saturated carbocycles. The average Bonchev–Trinajstić information content (AvgIpc) is 2.35. The van der Waals surface area contributed by atoms with Gasteiger partial charge in [0.25, 0.3) is 0 Å². The highest BCUT2D eigenvalue weighted by Gasteiger charge is 2.17. The Morgan fingerprint density at radius 3 is 2.63 bits per heavy atom. The van der Waals surface area contributed by atoms with Crippen molar-refractivity contribution >= 4 is 5.97 Å². The van der Waals surface area contributed by atoms with E-state index in [-0.39, 0.29) is 12.0 Å². The topological polar surface area (TPSA) is 38.3 Å². The monoisotopic (exact) mass is 263 g/mol. The first kappa shape index (κ1) is 15.7. The summed E-state index contributed by atoms with van der Waals surface area (Å²) in [5.41, 5.74) is 3.65. The third-order valence-electron chi connectivity index (χ3n) is 3.12. The molecule has 0 saturated heterocycles. The quantitative estimate of drug-likeness (QED) is 0.767. The highest BCUT2D eigenvalue weighted by Crippen LogP contribution is 2.22. The molecule has 1 N–H and O–H groups in total. The van der Waals surface area contributed by atoms with Crippen molar-refractivity contribution in [2.24, 2.45) is 0 Å². The van der Waals surface area contributed by atoms with E-state index in [1.165, 1.54) is 16.7 Å². The normalized spacial score (nSPS) is 12.2. The molecule has 0 spiro atoms. The molecule has 0 amide bonds. The predicted octanol–water partition coefficient (Wildman–Crippen LogP) is 3.30. The third-order valence-corrected chi connectivity index (χ3v) is 3.12. The second-order valence-corrected chi connectivity index (χ2v) is 4.88. The third kappa shape index (κ3) is 5.03. The molecule has 0 radical (unpaired) electrons. The molecule has 0 heterocycles. The second-order valence-electron chi connectivity index (χ2n) is 4.88. The van der Waals surface area contributed by atoms with Gasteiger partial charge in [0.1, 0.15) is 0 Å². The van der Waals surface area contributed by atoms with E-state index in [0.29, 0.717) is 13.0 Å². The van der Waals surface area contributed by atoms with E-state index >= 15 is 0 Å². The molecule has 1 atom stereocenters. The van der Waals surface area contributed by atoms with Crippen molar-refractivity contribution in [2.45, 2.75) is 46.6 Å². The summed E-state index contributed by atoms with van der Waals surface area (Å²) in [6, 6.07) is 6.39. The van der Waals surface area contributed by atoms with Crippen LogP contribution in [0.15, 0.2) is 18.2 Å². The summed E-state index contributed by atoms with van der Waals surface area (Å²) in [4.78, 5) is 11.7. The van der Waals surface area contributed by atoms with Gasteiger partial charge in [0.15, 0.2) is 0 Å². The van der Waals surface area contributed by atoms with Gasteiger partial charge < -0.3 is 10.1 Å². The predicted molar refractivity (Wildman–Crippen MR) is 78.2 cm³/mol. The van der Waals surface area contributed by atoms with Gasteiger partial charge in [0.2, 0.25) is 0 Å². The van der Waals surface area contributed by atoms with Gasteiger partial charge in [-0.1, -0.05) is 30.7 Å². The SMILES string of the molecule is CCCNC(CC(=O)OCC)c1ccc(C)cc1C. The first-order valence-electron chi connectivity index (χ1n) is 7.04. The molecule has 1 unspecified atom stereocenters. The summed E-state index contributed by atoms with van der Waals surface area (Å²) < 4.78 is 5.06. The van der Waals surface area contributed by atoms with Gasteiger partial charge in [-0.05, 0) is 44.9 Å². The number of esters is 1. The standard InChI is InChI=1S/C16H25NO2/c1-5-9-17-15(11-16(18)19-6-2)14-8-7-12(3)10-13(14)4/h7-8,10,15,17H,5-6,9,11H2,1-4H3. The maximum atomic E-state index is 11.7. The summed E-state index contributed by atoms with van der Waals surface area (Å²) in [5.74, 6) is -0.143. The number of aryl methyl sites for hydroxylation is 2. The molecule has 0 bridgehead atoms. The van der Waals surface area contributed by atoms with Crippen LogP contribution in [0.3, 0.4) is 0 Å². The number of benzene rings is 1. The fourth-order valence-corrected chi connectivity index (χ4v) is 2.21. The Hall–Kier alpha value is -1.35. The Balaban J connectivity index is 2.85. The molecule has 0 aliphatic heterocycles. The lowest BCUT2D eigenvalue weighted by Crippen LogP contribution is -2.26. The molecule has 106 valence electrons. The Kier molecular flexibility index (Phi) is 6.57. The number of ether oxygens (including phenoxy) is 1. The maximum Gasteiger partial charge on any atom is 0.307 e. The minimum absolute atomic E-state index is 0.0413. The van der Waals surface area contributed by atoms with Crippen molar-refractivity contribution in [3.05, 3.63) is 34.9 Å². The van der Waals surface area contributed by atoms with Crippen molar-refractivity contribution in [1.82, 2.24) is 5.32 Å². The first-order chi connectivity index (χ1) is 9.08. The van der Waals surface area contributed by atoms with E-state index in [1.807, 2.05) is 6.92 Å². The molecule has 19 heavy (non-hydrogen) atoms. The van der Waals surface area contributed by atoms with Crippen LogP contribution < -0.4 is 5.32 Å². The van der Waals surface area contributed by atoms with Crippen LogP contribution in [0.1, 0.15) is 49.4 Å². The second kappa shape index (κ2) is 7.95. The summed E-state index contributed by atoms with van der Waals surface area (Å²) >= 11 is 0. The van der Waals surface area contributed by atoms with Crippen LogP contribution in [0.2, 0.25) is 0 Å². The molecular weight excluding hydrogens is 238 g/mol. The molecule has 0 aliphatic rings. The molecule has 1 aromatic rings. The fraction of sp³-hybridized carbons (Fsp3) is 0.562. The lowest BCUT2D eigenvalue weighted by atomic mass is 9.97. The molecule has 3 heteroatoms. The minimum Gasteiger partial charge on any atom is -0.466 e. The van der Waals surface area contributed by atoms with Gasteiger partial charge in [-0.3, -0.25) is 4.79 Å². The van der Waals surface area contributed by atoms with E-state index in [2.05, 4.69) is 44.3 Å². The van der Waals surface area contributed by atoms with Gasteiger partial charge in [-0.15, -0.1) is 0 Å². The highest BCUT2D eigenvalue weighted by atomic mass is 16.5. The zero-order valence-corrected chi connectivity index (χ0v) is 12.5. The van der Waals surface area contributed by atoms with Gasteiger partial charge in [0, 0.05) is 6.04 Å². The van der Waals surface area contributed by atoms with E-state index in [0.717, 1.165) is 13.0 Å². The van der Waals surface area contributed by atoms with E-state index < -0.39 is 0 Å². The van der Waals surface area contributed by atoms with Crippen molar-refractivity contribution in [1.29, 1.82) is 0 Å². The zero-order valence-electron chi connectivity index (χ0n) is 12.5. The van der Waals surface area contributed by atoms with Crippen LogP contribution in [0.25, 0.3) is 0 Å². The highest BCUT2D eigenvalue weighted by molar-refractivity contribution is 5.70. The van der Waals surface area contributed by atoms with E-state index in [9.17, 15) is 4.79 Å². The molecule has 0 fully saturated rings. The molecule has 3 nitrogen and oxygen atoms in total. The molecular formula is C16H25NO2. The van der Waals surface area contributed by atoms with E-state index in [1.54, 1.807) is 0 Å². The Morgan fingerprint density at radius 2 is 2.05 bits per heavy atom. The van der Waals surface area contributed by atoms with Gasteiger partial charge in [-0.25, -0.2) is 0 Å². The fourth-order valence-electron chi connectivity index (χ4n) is 2.21. The molecule has 1 rings (SSSR count). The van der Waals surface area contributed by atoms with Crippen LogP contribution in [0.4, 0.5) is 0 Å². The summed E-state index contributed by atoms with van der Waals surface area (Å²) in [7, 11) is 0. The lowest BCUT2D eigenvalue weighted by Gasteiger charge is -2.20. The molecule has 1 aromatic carbocycles. The number of carbonyl (C=O) groups is 1. The van der Waals surface area contributed by atoms with Crippen molar-refractivity contribution < 1.29 is 9.53 Å². The van der Waals surface area contributed by atoms with Gasteiger partial charge >= 0.3 is 5.97 Å². The summed E-state index contributed by atoms with van der Waals surface area (Å²) in [6.45, 7) is 9.47.